The standard InChI is InChI=1S/C22H28N4O4S/c1-22(2,3)24-19(27)14-25-8-10-26(11-9-25)17-7-6-15(13-16(17)21(29)30)23-20(28)18-5-4-12-31-18/h4-7,12-13H,8-11,14H2,1-3H3,(H,23,28)(H,24,27)(H,29,30). The molecule has 0 bridgehead atoms. The van der Waals surface area contributed by atoms with E-state index in [2.05, 4.69) is 15.5 Å². The number of thiophene rings is 1. The molecule has 1 saturated heterocycles. The molecule has 9 heteroatoms. The third-order valence-electron chi connectivity index (χ3n) is 4.82. The van der Waals surface area contributed by atoms with Crippen molar-refractivity contribution in [1.29, 1.82) is 0 Å². The number of hydrogen-bond donors (Lipinski definition) is 3. The second-order valence-corrected chi connectivity index (χ2v) is 9.48. The van der Waals surface area contributed by atoms with E-state index in [1.165, 1.54) is 17.4 Å². The van der Waals surface area contributed by atoms with Crippen LogP contribution in [0.4, 0.5) is 11.4 Å². The molecule has 3 rings (SSSR count). The van der Waals surface area contributed by atoms with Gasteiger partial charge in [-0.25, -0.2) is 4.79 Å². The molecule has 1 aliphatic heterocycles. The zero-order valence-corrected chi connectivity index (χ0v) is 18.8. The summed E-state index contributed by atoms with van der Waals surface area (Å²) in [6, 6.07) is 8.45. The Hall–Kier alpha value is -2.91. The minimum atomic E-state index is -1.05. The normalized spacial score (nSPS) is 14.9. The van der Waals surface area contributed by atoms with E-state index in [0.717, 1.165) is 0 Å². The Morgan fingerprint density at radius 3 is 2.39 bits per heavy atom. The first-order valence-electron chi connectivity index (χ1n) is 10.1. The number of benzene rings is 1. The van der Waals surface area contributed by atoms with Gasteiger partial charge >= 0.3 is 5.97 Å². The molecule has 31 heavy (non-hydrogen) atoms. The van der Waals surface area contributed by atoms with Crippen LogP contribution in [-0.4, -0.2) is 66.1 Å². The van der Waals surface area contributed by atoms with Crippen LogP contribution in [0.15, 0.2) is 35.7 Å². The molecule has 166 valence electrons. The largest absolute Gasteiger partial charge is 0.478 e. The molecule has 0 aliphatic carbocycles. The summed E-state index contributed by atoms with van der Waals surface area (Å²) in [4.78, 5) is 40.9. The van der Waals surface area contributed by atoms with E-state index in [-0.39, 0.29) is 22.9 Å². The summed E-state index contributed by atoms with van der Waals surface area (Å²) in [6.07, 6.45) is 0. The highest BCUT2D eigenvalue weighted by Gasteiger charge is 2.24. The van der Waals surface area contributed by atoms with Gasteiger partial charge in [-0.2, -0.15) is 0 Å². The van der Waals surface area contributed by atoms with Crippen LogP contribution in [0.2, 0.25) is 0 Å². The molecule has 8 nitrogen and oxygen atoms in total. The zero-order valence-electron chi connectivity index (χ0n) is 18.0. The van der Waals surface area contributed by atoms with Crippen molar-refractivity contribution in [3.05, 3.63) is 46.2 Å². The fraction of sp³-hybridized carbons (Fsp3) is 0.409. The lowest BCUT2D eigenvalue weighted by Gasteiger charge is -2.36. The zero-order chi connectivity index (χ0) is 22.6. The summed E-state index contributed by atoms with van der Waals surface area (Å²) >= 11 is 1.32. The lowest BCUT2D eigenvalue weighted by Crippen LogP contribution is -2.52. The van der Waals surface area contributed by atoms with Crippen molar-refractivity contribution in [3.8, 4) is 0 Å². The quantitative estimate of drug-likeness (QED) is 0.633. The van der Waals surface area contributed by atoms with Crippen molar-refractivity contribution in [1.82, 2.24) is 10.2 Å². The number of carbonyl (C=O) groups excluding carboxylic acids is 2. The topological polar surface area (TPSA) is 102 Å². The molecule has 2 heterocycles. The number of piperazine rings is 1. The molecule has 0 spiro atoms. The Morgan fingerprint density at radius 1 is 1.10 bits per heavy atom. The van der Waals surface area contributed by atoms with Crippen LogP contribution in [0.3, 0.4) is 0 Å². The molecule has 1 aromatic carbocycles. The molecular formula is C22H28N4O4S. The maximum atomic E-state index is 12.3. The summed E-state index contributed by atoms with van der Waals surface area (Å²) < 4.78 is 0. The number of aromatic carboxylic acids is 1. The Balaban J connectivity index is 1.64. The van der Waals surface area contributed by atoms with E-state index in [9.17, 15) is 19.5 Å². The maximum Gasteiger partial charge on any atom is 0.337 e. The first kappa shape index (κ1) is 22.8. The summed E-state index contributed by atoms with van der Waals surface area (Å²) in [5, 5.41) is 17.2. The highest BCUT2D eigenvalue weighted by molar-refractivity contribution is 7.12. The van der Waals surface area contributed by atoms with Crippen LogP contribution in [-0.2, 0) is 4.79 Å². The molecule has 2 amide bonds. The van der Waals surface area contributed by atoms with E-state index in [0.29, 0.717) is 49.0 Å². The first-order chi connectivity index (χ1) is 14.6. The van der Waals surface area contributed by atoms with Gasteiger partial charge in [0.2, 0.25) is 5.91 Å². The van der Waals surface area contributed by atoms with Crippen molar-refractivity contribution < 1.29 is 19.5 Å². The van der Waals surface area contributed by atoms with Crippen LogP contribution in [0.5, 0.6) is 0 Å². The van der Waals surface area contributed by atoms with E-state index in [1.54, 1.807) is 24.3 Å². The average Bonchev–Trinajstić information content (AvgIpc) is 3.22. The lowest BCUT2D eigenvalue weighted by atomic mass is 10.1. The number of hydrogen-bond acceptors (Lipinski definition) is 6. The number of amides is 2. The summed E-state index contributed by atoms with van der Waals surface area (Å²) in [5.74, 6) is -1.33. The van der Waals surface area contributed by atoms with Gasteiger partial charge < -0.3 is 20.6 Å². The second-order valence-electron chi connectivity index (χ2n) is 8.53. The van der Waals surface area contributed by atoms with Crippen molar-refractivity contribution in [2.24, 2.45) is 0 Å². The fourth-order valence-electron chi connectivity index (χ4n) is 3.47. The van der Waals surface area contributed by atoms with Gasteiger partial charge in [0.25, 0.3) is 5.91 Å². The van der Waals surface area contributed by atoms with Gasteiger partial charge in [0.05, 0.1) is 22.7 Å². The molecule has 2 aromatic rings. The van der Waals surface area contributed by atoms with Crippen LogP contribution in [0, 0.1) is 0 Å². The third-order valence-corrected chi connectivity index (χ3v) is 5.69. The lowest BCUT2D eigenvalue weighted by molar-refractivity contribution is -0.123. The summed E-state index contributed by atoms with van der Waals surface area (Å²) in [7, 11) is 0. The van der Waals surface area contributed by atoms with Gasteiger partial charge in [-0.05, 0) is 50.4 Å². The Kier molecular flexibility index (Phi) is 6.97. The summed E-state index contributed by atoms with van der Waals surface area (Å²) in [6.45, 7) is 8.72. The minimum Gasteiger partial charge on any atom is -0.478 e. The van der Waals surface area contributed by atoms with Crippen LogP contribution >= 0.6 is 11.3 Å². The van der Waals surface area contributed by atoms with Crippen molar-refractivity contribution in [2.75, 3.05) is 42.9 Å². The average molecular weight is 445 g/mol. The fourth-order valence-corrected chi connectivity index (χ4v) is 4.09. The smallest absolute Gasteiger partial charge is 0.337 e. The van der Waals surface area contributed by atoms with E-state index in [4.69, 9.17) is 0 Å². The highest BCUT2D eigenvalue weighted by Crippen LogP contribution is 2.26. The SMILES string of the molecule is CC(C)(C)NC(=O)CN1CCN(c2ccc(NC(=O)c3cccs3)cc2C(=O)O)CC1. The molecule has 1 aromatic heterocycles. The van der Waals surface area contributed by atoms with Crippen LogP contribution in [0.25, 0.3) is 0 Å². The molecule has 0 radical (unpaired) electrons. The number of rotatable bonds is 6. The minimum absolute atomic E-state index is 0.0157. The monoisotopic (exact) mass is 444 g/mol. The molecular weight excluding hydrogens is 416 g/mol. The van der Waals surface area contributed by atoms with Gasteiger partial charge in [0.1, 0.15) is 0 Å². The number of carboxylic acid groups (broad SMARTS) is 1. The maximum absolute atomic E-state index is 12.3. The Labute approximate surface area is 185 Å². The predicted molar refractivity (Wildman–Crippen MR) is 122 cm³/mol. The van der Waals surface area contributed by atoms with E-state index in [1.807, 2.05) is 31.1 Å². The number of carboxylic acids is 1. The van der Waals surface area contributed by atoms with E-state index >= 15 is 0 Å². The molecule has 3 N–H and O–H groups in total. The van der Waals surface area contributed by atoms with Gasteiger partial charge in [-0.1, -0.05) is 6.07 Å². The van der Waals surface area contributed by atoms with Crippen LogP contribution in [0.1, 0.15) is 40.8 Å². The second kappa shape index (κ2) is 9.49. The van der Waals surface area contributed by atoms with Crippen molar-refractivity contribution in [3.63, 3.8) is 0 Å². The van der Waals surface area contributed by atoms with E-state index < -0.39 is 5.97 Å². The number of nitrogens with one attached hydrogen (secondary N) is 2. The number of carbonyl (C=O) groups is 3. The van der Waals surface area contributed by atoms with Gasteiger partial charge in [-0.15, -0.1) is 11.3 Å². The molecule has 0 saturated carbocycles. The Morgan fingerprint density at radius 2 is 1.81 bits per heavy atom. The molecule has 1 fully saturated rings. The summed E-state index contributed by atoms with van der Waals surface area (Å²) in [5.41, 5.74) is 0.927. The predicted octanol–water partition coefficient (Wildman–Crippen LogP) is 2.74. The third kappa shape index (κ3) is 6.28. The molecule has 0 unspecified atom stereocenters. The van der Waals surface area contributed by atoms with Crippen molar-refractivity contribution >= 4 is 40.5 Å². The number of nitrogens with zero attached hydrogens (tertiary/aromatic N) is 2. The van der Waals surface area contributed by atoms with Crippen molar-refractivity contribution in [2.45, 2.75) is 26.3 Å². The van der Waals surface area contributed by atoms with Gasteiger partial charge in [0.15, 0.2) is 0 Å². The highest BCUT2D eigenvalue weighted by atomic mass is 32.1. The molecule has 1 aliphatic rings. The Bertz CT molecular complexity index is 945. The first-order valence-corrected chi connectivity index (χ1v) is 11.0. The van der Waals surface area contributed by atoms with Gasteiger partial charge in [-0.3, -0.25) is 14.5 Å². The van der Waals surface area contributed by atoms with Gasteiger partial charge in [0, 0.05) is 37.4 Å². The van der Waals surface area contributed by atoms with Crippen LogP contribution < -0.4 is 15.5 Å². The number of anilines is 2. The molecule has 0 atom stereocenters.